The van der Waals surface area contributed by atoms with E-state index in [0.29, 0.717) is 10.3 Å². The van der Waals surface area contributed by atoms with Crippen molar-refractivity contribution in [3.63, 3.8) is 0 Å². The third-order valence-electron chi connectivity index (χ3n) is 2.34. The highest BCUT2D eigenvalue weighted by atomic mass is 79.9. The lowest BCUT2D eigenvalue weighted by molar-refractivity contribution is 0.0871. The maximum atomic E-state index is 12.9. The SMILES string of the molecule is Cn1nc(Br)cc1C1(N)CC1(F)F. The molecule has 1 unspecified atom stereocenters. The van der Waals surface area contributed by atoms with E-state index in [1.807, 2.05) is 0 Å². The monoisotopic (exact) mass is 251 g/mol. The van der Waals surface area contributed by atoms with Gasteiger partial charge in [-0.05, 0) is 22.0 Å². The van der Waals surface area contributed by atoms with Gasteiger partial charge in [-0.25, -0.2) is 8.78 Å². The van der Waals surface area contributed by atoms with Crippen LogP contribution in [0, 0.1) is 0 Å². The molecule has 72 valence electrons. The zero-order valence-electron chi connectivity index (χ0n) is 6.89. The fourth-order valence-corrected chi connectivity index (χ4v) is 1.89. The molecule has 2 rings (SSSR count). The molecule has 1 atom stereocenters. The lowest BCUT2D eigenvalue weighted by Crippen LogP contribution is -2.29. The number of halogens is 3. The van der Waals surface area contributed by atoms with Gasteiger partial charge in [-0.1, -0.05) is 0 Å². The van der Waals surface area contributed by atoms with Gasteiger partial charge in [0.15, 0.2) is 0 Å². The largest absolute Gasteiger partial charge is 0.315 e. The fourth-order valence-electron chi connectivity index (χ4n) is 1.43. The Bertz CT molecular complexity index is 363. The van der Waals surface area contributed by atoms with Crippen LogP contribution in [0.1, 0.15) is 12.1 Å². The minimum atomic E-state index is -2.79. The number of hydrogen-bond donors (Lipinski definition) is 1. The summed E-state index contributed by atoms with van der Waals surface area (Å²) in [5.74, 6) is -2.79. The van der Waals surface area contributed by atoms with Gasteiger partial charge in [0.05, 0.1) is 5.69 Å². The van der Waals surface area contributed by atoms with Crippen LogP contribution >= 0.6 is 15.9 Å². The number of nitrogens with two attached hydrogens (primary N) is 1. The third-order valence-corrected chi connectivity index (χ3v) is 2.72. The highest BCUT2D eigenvalue weighted by molar-refractivity contribution is 9.10. The van der Waals surface area contributed by atoms with E-state index < -0.39 is 11.5 Å². The maximum Gasteiger partial charge on any atom is 0.273 e. The van der Waals surface area contributed by atoms with Crippen molar-refractivity contribution in [1.82, 2.24) is 9.78 Å². The normalized spacial score (nSPS) is 30.5. The summed E-state index contributed by atoms with van der Waals surface area (Å²) in [4.78, 5) is 0. The van der Waals surface area contributed by atoms with Crippen LogP contribution < -0.4 is 5.73 Å². The number of alkyl halides is 2. The van der Waals surface area contributed by atoms with Gasteiger partial charge in [0.2, 0.25) is 0 Å². The lowest BCUT2D eigenvalue weighted by Gasteiger charge is -2.09. The average Bonchev–Trinajstić information content (AvgIpc) is 2.34. The van der Waals surface area contributed by atoms with Crippen molar-refractivity contribution >= 4 is 15.9 Å². The molecule has 1 aliphatic carbocycles. The van der Waals surface area contributed by atoms with Crippen LogP contribution in [-0.2, 0) is 12.6 Å². The van der Waals surface area contributed by atoms with Gasteiger partial charge in [0.25, 0.3) is 5.92 Å². The number of aryl methyl sites for hydroxylation is 1. The summed E-state index contributed by atoms with van der Waals surface area (Å²) >= 11 is 3.11. The Labute approximate surface area is 82.0 Å². The van der Waals surface area contributed by atoms with Gasteiger partial charge < -0.3 is 5.73 Å². The van der Waals surface area contributed by atoms with Crippen molar-refractivity contribution in [2.75, 3.05) is 0 Å². The Kier molecular flexibility index (Phi) is 1.61. The molecule has 2 N–H and O–H groups in total. The second-order valence-electron chi connectivity index (χ2n) is 3.33. The second kappa shape index (κ2) is 2.30. The first-order chi connectivity index (χ1) is 5.87. The predicted octanol–water partition coefficient (Wildman–Crippen LogP) is 1.38. The molecular weight excluding hydrogens is 244 g/mol. The Hall–Kier alpha value is -0.490. The van der Waals surface area contributed by atoms with Crippen LogP contribution in [0.4, 0.5) is 8.78 Å². The molecule has 1 fully saturated rings. The Balaban J connectivity index is 2.43. The Morgan fingerprint density at radius 1 is 1.69 bits per heavy atom. The second-order valence-corrected chi connectivity index (χ2v) is 4.14. The van der Waals surface area contributed by atoms with Crippen LogP contribution in [0.2, 0.25) is 0 Å². The molecule has 1 saturated carbocycles. The maximum absolute atomic E-state index is 12.9. The summed E-state index contributed by atoms with van der Waals surface area (Å²) in [5.41, 5.74) is 4.38. The van der Waals surface area contributed by atoms with E-state index in [0.717, 1.165) is 0 Å². The quantitative estimate of drug-likeness (QED) is 0.820. The summed E-state index contributed by atoms with van der Waals surface area (Å²) in [6.45, 7) is 0. The first-order valence-electron chi connectivity index (χ1n) is 3.73. The molecule has 6 heteroatoms. The summed E-state index contributed by atoms with van der Waals surface area (Å²) in [7, 11) is 1.60. The molecule has 13 heavy (non-hydrogen) atoms. The molecule has 1 aliphatic rings. The zero-order chi connectivity index (χ0) is 9.85. The van der Waals surface area contributed by atoms with Gasteiger partial charge in [0, 0.05) is 13.5 Å². The summed E-state index contributed by atoms with van der Waals surface area (Å²) in [5, 5.41) is 3.90. The van der Waals surface area contributed by atoms with E-state index >= 15 is 0 Å². The van der Waals surface area contributed by atoms with Crippen molar-refractivity contribution in [3.05, 3.63) is 16.4 Å². The first-order valence-corrected chi connectivity index (χ1v) is 4.53. The average molecular weight is 252 g/mol. The number of hydrogen-bond acceptors (Lipinski definition) is 2. The molecular formula is C7H8BrF2N3. The molecule has 0 radical (unpaired) electrons. The molecule has 0 spiro atoms. The molecule has 0 amide bonds. The molecule has 3 nitrogen and oxygen atoms in total. The first kappa shape index (κ1) is 9.08. The summed E-state index contributed by atoms with van der Waals surface area (Å²) in [6, 6.07) is 1.53. The Morgan fingerprint density at radius 3 is 2.54 bits per heavy atom. The van der Waals surface area contributed by atoms with Crippen LogP contribution in [0.3, 0.4) is 0 Å². The molecule has 1 aromatic rings. The number of rotatable bonds is 1. The van der Waals surface area contributed by atoms with E-state index in [-0.39, 0.29) is 6.42 Å². The molecule has 0 bridgehead atoms. The van der Waals surface area contributed by atoms with E-state index in [9.17, 15) is 8.78 Å². The van der Waals surface area contributed by atoms with Gasteiger partial charge in [-0.2, -0.15) is 5.10 Å². The lowest BCUT2D eigenvalue weighted by atomic mass is 10.2. The minimum Gasteiger partial charge on any atom is -0.315 e. The van der Waals surface area contributed by atoms with Crippen LogP contribution in [0.15, 0.2) is 10.7 Å². The van der Waals surface area contributed by atoms with Gasteiger partial charge in [0.1, 0.15) is 10.1 Å². The van der Waals surface area contributed by atoms with Crippen molar-refractivity contribution in [2.24, 2.45) is 12.8 Å². The van der Waals surface area contributed by atoms with Crippen LogP contribution in [0.5, 0.6) is 0 Å². The molecule has 0 aliphatic heterocycles. The highest BCUT2D eigenvalue weighted by Gasteiger charge is 2.71. The Morgan fingerprint density at radius 2 is 2.23 bits per heavy atom. The van der Waals surface area contributed by atoms with E-state index in [4.69, 9.17) is 5.73 Å². The topological polar surface area (TPSA) is 43.8 Å². The zero-order valence-corrected chi connectivity index (χ0v) is 8.48. The van der Waals surface area contributed by atoms with Crippen LogP contribution in [-0.4, -0.2) is 15.7 Å². The van der Waals surface area contributed by atoms with Crippen molar-refractivity contribution < 1.29 is 8.78 Å². The van der Waals surface area contributed by atoms with E-state index in [1.54, 1.807) is 7.05 Å². The smallest absolute Gasteiger partial charge is 0.273 e. The fraction of sp³-hybridized carbons (Fsp3) is 0.571. The van der Waals surface area contributed by atoms with Crippen LogP contribution in [0.25, 0.3) is 0 Å². The minimum absolute atomic E-state index is 0.300. The molecule has 0 saturated heterocycles. The van der Waals surface area contributed by atoms with Crippen molar-refractivity contribution in [3.8, 4) is 0 Å². The predicted molar refractivity (Wildman–Crippen MR) is 46.3 cm³/mol. The number of aromatic nitrogens is 2. The van der Waals surface area contributed by atoms with Gasteiger partial charge in [-0.15, -0.1) is 0 Å². The van der Waals surface area contributed by atoms with Crippen molar-refractivity contribution in [2.45, 2.75) is 17.9 Å². The summed E-state index contributed by atoms with van der Waals surface area (Å²) < 4.78 is 27.7. The van der Waals surface area contributed by atoms with E-state index in [1.165, 1.54) is 10.7 Å². The summed E-state index contributed by atoms with van der Waals surface area (Å²) in [6.07, 6.45) is -0.300. The van der Waals surface area contributed by atoms with Gasteiger partial charge >= 0.3 is 0 Å². The third kappa shape index (κ3) is 1.12. The van der Waals surface area contributed by atoms with E-state index in [2.05, 4.69) is 21.0 Å². The van der Waals surface area contributed by atoms with Gasteiger partial charge in [-0.3, -0.25) is 4.68 Å². The molecule has 1 heterocycles. The molecule has 0 aromatic carbocycles. The standard InChI is InChI=1S/C7H8BrF2N3/c1-13-4(2-5(8)12-13)6(11)3-7(6,9)10/h2H,3,11H2,1H3. The number of nitrogens with zero attached hydrogens (tertiary/aromatic N) is 2. The van der Waals surface area contributed by atoms with Crippen molar-refractivity contribution in [1.29, 1.82) is 0 Å². The molecule has 1 aromatic heterocycles. The highest BCUT2D eigenvalue weighted by Crippen LogP contribution is 2.57.